The molecule has 1 fully saturated rings. The number of nitrogens with one attached hydrogen (secondary N) is 1. The summed E-state index contributed by atoms with van der Waals surface area (Å²) in [6.07, 6.45) is 0.801. The summed E-state index contributed by atoms with van der Waals surface area (Å²) < 4.78 is 0. The van der Waals surface area contributed by atoms with Gasteiger partial charge in [0.2, 0.25) is 5.91 Å². The minimum atomic E-state index is -0.276. The molecule has 18 heavy (non-hydrogen) atoms. The largest absolute Gasteiger partial charge is 0.324 e. The predicted octanol–water partition coefficient (Wildman–Crippen LogP) is 1.81. The van der Waals surface area contributed by atoms with Crippen LogP contribution in [0.15, 0.2) is 30.3 Å². The van der Waals surface area contributed by atoms with Crippen LogP contribution in [-0.4, -0.2) is 29.4 Å². The summed E-state index contributed by atoms with van der Waals surface area (Å²) in [6.45, 7) is 4.35. The first kappa shape index (κ1) is 12.6. The molecule has 4 heteroatoms. The molecule has 2 rings (SSSR count). The molecule has 1 aromatic carbocycles. The SMILES string of the molecule is CC1CN(C(C)Cc2ccccc2)C(=O)NC1=O. The number of carbonyl (C=O) groups excluding carboxylic acids is 2. The zero-order valence-corrected chi connectivity index (χ0v) is 10.7. The summed E-state index contributed by atoms with van der Waals surface area (Å²) in [4.78, 5) is 24.9. The van der Waals surface area contributed by atoms with Crippen LogP contribution in [0.1, 0.15) is 19.4 Å². The molecule has 0 bridgehead atoms. The van der Waals surface area contributed by atoms with Gasteiger partial charge in [0.25, 0.3) is 0 Å². The zero-order valence-electron chi connectivity index (χ0n) is 10.7. The Bertz CT molecular complexity index is 444. The van der Waals surface area contributed by atoms with Gasteiger partial charge in [-0.1, -0.05) is 37.3 Å². The molecule has 1 aliphatic heterocycles. The highest BCUT2D eigenvalue weighted by atomic mass is 16.2. The molecule has 2 unspecified atom stereocenters. The highest BCUT2D eigenvalue weighted by Crippen LogP contribution is 2.14. The quantitative estimate of drug-likeness (QED) is 0.884. The van der Waals surface area contributed by atoms with Crippen LogP contribution in [0.3, 0.4) is 0 Å². The van der Waals surface area contributed by atoms with Gasteiger partial charge in [0.05, 0.1) is 5.92 Å². The highest BCUT2D eigenvalue weighted by Gasteiger charge is 2.31. The molecule has 2 atom stereocenters. The van der Waals surface area contributed by atoms with Gasteiger partial charge in [-0.15, -0.1) is 0 Å². The molecule has 1 N–H and O–H groups in total. The Morgan fingerprint density at radius 2 is 2.00 bits per heavy atom. The van der Waals surface area contributed by atoms with Crippen LogP contribution >= 0.6 is 0 Å². The average molecular weight is 246 g/mol. The number of carbonyl (C=O) groups is 2. The Kier molecular flexibility index (Phi) is 3.65. The first-order valence-corrected chi connectivity index (χ1v) is 6.23. The van der Waals surface area contributed by atoms with Crippen molar-refractivity contribution in [1.29, 1.82) is 0 Å². The molecule has 1 aromatic rings. The molecule has 96 valence electrons. The van der Waals surface area contributed by atoms with E-state index >= 15 is 0 Å². The van der Waals surface area contributed by atoms with E-state index in [1.807, 2.05) is 44.2 Å². The van der Waals surface area contributed by atoms with E-state index in [-0.39, 0.29) is 23.9 Å². The molecule has 0 spiro atoms. The van der Waals surface area contributed by atoms with Crippen molar-refractivity contribution in [2.45, 2.75) is 26.3 Å². The molecule has 1 saturated heterocycles. The second-order valence-corrected chi connectivity index (χ2v) is 4.89. The van der Waals surface area contributed by atoms with Crippen molar-refractivity contribution in [2.75, 3.05) is 6.54 Å². The molecule has 0 aromatic heterocycles. The molecule has 0 radical (unpaired) electrons. The van der Waals surface area contributed by atoms with Gasteiger partial charge in [-0.25, -0.2) is 4.79 Å². The maximum absolute atomic E-state index is 11.8. The van der Waals surface area contributed by atoms with E-state index in [0.717, 1.165) is 6.42 Å². The van der Waals surface area contributed by atoms with Crippen LogP contribution in [0, 0.1) is 5.92 Å². The van der Waals surface area contributed by atoms with Crippen molar-refractivity contribution in [3.63, 3.8) is 0 Å². The number of amides is 3. The predicted molar refractivity (Wildman–Crippen MR) is 69.0 cm³/mol. The van der Waals surface area contributed by atoms with Crippen molar-refractivity contribution >= 4 is 11.9 Å². The van der Waals surface area contributed by atoms with Crippen LogP contribution < -0.4 is 5.32 Å². The van der Waals surface area contributed by atoms with Crippen molar-refractivity contribution in [3.05, 3.63) is 35.9 Å². The third-order valence-electron chi connectivity index (χ3n) is 3.32. The van der Waals surface area contributed by atoms with Gasteiger partial charge in [0, 0.05) is 12.6 Å². The van der Waals surface area contributed by atoms with E-state index in [1.165, 1.54) is 5.56 Å². The Morgan fingerprint density at radius 1 is 1.33 bits per heavy atom. The van der Waals surface area contributed by atoms with Gasteiger partial charge in [0.15, 0.2) is 0 Å². The van der Waals surface area contributed by atoms with Crippen molar-refractivity contribution in [2.24, 2.45) is 5.92 Å². The van der Waals surface area contributed by atoms with Gasteiger partial charge >= 0.3 is 6.03 Å². The van der Waals surface area contributed by atoms with E-state index in [0.29, 0.717) is 6.54 Å². The maximum Gasteiger partial charge on any atom is 0.324 e. The fourth-order valence-electron chi connectivity index (χ4n) is 2.21. The van der Waals surface area contributed by atoms with E-state index in [4.69, 9.17) is 0 Å². The summed E-state index contributed by atoms with van der Waals surface area (Å²) in [6, 6.07) is 9.86. The molecular weight excluding hydrogens is 228 g/mol. The molecule has 0 aliphatic carbocycles. The maximum atomic E-state index is 11.8. The normalized spacial score (nSPS) is 21.7. The van der Waals surface area contributed by atoms with Crippen LogP contribution in [0.25, 0.3) is 0 Å². The second-order valence-electron chi connectivity index (χ2n) is 4.89. The summed E-state index contributed by atoms with van der Waals surface area (Å²) in [5, 5.41) is 2.39. The molecular formula is C14H18N2O2. The van der Waals surface area contributed by atoms with Gasteiger partial charge in [0.1, 0.15) is 0 Å². The standard InChI is InChI=1S/C14H18N2O2/c1-10-9-16(14(18)15-13(10)17)11(2)8-12-6-4-3-5-7-12/h3-7,10-11H,8-9H2,1-2H3,(H,15,17,18). The Balaban J connectivity index is 2.02. The number of urea groups is 1. The molecule has 1 heterocycles. The van der Waals surface area contributed by atoms with E-state index in [9.17, 15) is 9.59 Å². The van der Waals surface area contributed by atoms with Gasteiger partial charge < -0.3 is 4.90 Å². The number of hydrogen-bond donors (Lipinski definition) is 1. The zero-order chi connectivity index (χ0) is 13.1. The third-order valence-corrected chi connectivity index (χ3v) is 3.32. The summed E-state index contributed by atoms with van der Waals surface area (Å²) >= 11 is 0. The fourth-order valence-corrected chi connectivity index (χ4v) is 2.21. The smallest absolute Gasteiger partial charge is 0.321 e. The topological polar surface area (TPSA) is 49.4 Å². The van der Waals surface area contributed by atoms with Crippen LogP contribution in [-0.2, 0) is 11.2 Å². The number of nitrogens with zero attached hydrogens (tertiary/aromatic N) is 1. The fraction of sp³-hybridized carbons (Fsp3) is 0.429. The van der Waals surface area contributed by atoms with Gasteiger partial charge in [-0.05, 0) is 18.9 Å². The number of hydrogen-bond acceptors (Lipinski definition) is 2. The van der Waals surface area contributed by atoms with Crippen molar-refractivity contribution in [3.8, 4) is 0 Å². The van der Waals surface area contributed by atoms with E-state index < -0.39 is 0 Å². The Labute approximate surface area is 107 Å². The lowest BCUT2D eigenvalue weighted by atomic mass is 10.0. The minimum Gasteiger partial charge on any atom is -0.321 e. The third kappa shape index (κ3) is 2.70. The second kappa shape index (κ2) is 5.21. The molecule has 3 amide bonds. The monoisotopic (exact) mass is 246 g/mol. The average Bonchev–Trinajstić information content (AvgIpc) is 2.35. The van der Waals surface area contributed by atoms with E-state index in [1.54, 1.807) is 4.90 Å². The summed E-state index contributed by atoms with van der Waals surface area (Å²) in [7, 11) is 0. The van der Waals surface area contributed by atoms with Crippen LogP contribution in [0.5, 0.6) is 0 Å². The minimum absolute atomic E-state index is 0.0861. The Morgan fingerprint density at radius 3 is 2.67 bits per heavy atom. The van der Waals surface area contributed by atoms with Crippen molar-refractivity contribution < 1.29 is 9.59 Å². The Hall–Kier alpha value is -1.84. The lowest BCUT2D eigenvalue weighted by Crippen LogP contribution is -2.56. The lowest BCUT2D eigenvalue weighted by Gasteiger charge is -2.35. The van der Waals surface area contributed by atoms with Crippen molar-refractivity contribution in [1.82, 2.24) is 10.2 Å². The van der Waals surface area contributed by atoms with Crippen LogP contribution in [0.4, 0.5) is 4.79 Å². The molecule has 1 aliphatic rings. The molecule has 4 nitrogen and oxygen atoms in total. The summed E-state index contributed by atoms with van der Waals surface area (Å²) in [5.74, 6) is -0.316. The highest BCUT2D eigenvalue weighted by molar-refractivity contribution is 5.97. The first-order valence-electron chi connectivity index (χ1n) is 6.23. The summed E-state index contributed by atoms with van der Waals surface area (Å²) in [5.41, 5.74) is 1.20. The first-order chi connectivity index (χ1) is 8.58. The van der Waals surface area contributed by atoms with Gasteiger partial charge in [-0.2, -0.15) is 0 Å². The van der Waals surface area contributed by atoms with E-state index in [2.05, 4.69) is 5.32 Å². The van der Waals surface area contributed by atoms with Gasteiger partial charge in [-0.3, -0.25) is 10.1 Å². The lowest BCUT2D eigenvalue weighted by molar-refractivity contribution is -0.125. The van der Waals surface area contributed by atoms with Crippen LogP contribution in [0.2, 0.25) is 0 Å². The number of rotatable bonds is 3. The molecule has 0 saturated carbocycles. The number of imide groups is 1. The number of benzene rings is 1.